The van der Waals surface area contributed by atoms with Gasteiger partial charge in [-0.25, -0.2) is 0 Å². The number of aliphatic carboxylic acids is 1. The van der Waals surface area contributed by atoms with Crippen LogP contribution in [0.1, 0.15) is 60.8 Å². The summed E-state index contributed by atoms with van der Waals surface area (Å²) < 4.78 is 23.1. The van der Waals surface area contributed by atoms with Crippen molar-refractivity contribution in [3.05, 3.63) is 12.2 Å². The number of amides is 2. The van der Waals surface area contributed by atoms with Crippen LogP contribution in [0.2, 0.25) is 36.3 Å². The highest BCUT2D eigenvalue weighted by Gasteiger charge is 2.75. The van der Waals surface area contributed by atoms with Crippen molar-refractivity contribution in [2.45, 2.75) is 145 Å². The first-order chi connectivity index (χ1) is 24.1. The Hall–Kier alpha value is -2.41. The van der Waals surface area contributed by atoms with Gasteiger partial charge < -0.3 is 52.2 Å². The summed E-state index contributed by atoms with van der Waals surface area (Å²) in [5, 5.41) is 9.36. The Balaban J connectivity index is 0.000000175. The summed E-state index contributed by atoms with van der Waals surface area (Å²) in [6, 6.07) is -0.886. The second kappa shape index (κ2) is 15.7. The molecule has 3 radical (unpaired) electrons. The van der Waals surface area contributed by atoms with E-state index >= 15 is 0 Å². The van der Waals surface area contributed by atoms with Crippen LogP contribution in [-0.2, 0) is 47.1 Å². The highest BCUT2D eigenvalue weighted by atomic mass is 28.4. The fraction of sp³-hybridized carbons (Fsp3) is 0.758. The average molecular weight is 756 g/mol. The van der Waals surface area contributed by atoms with E-state index in [1.54, 1.807) is 10.9 Å². The van der Waals surface area contributed by atoms with E-state index in [1.165, 1.54) is 37.9 Å². The van der Waals surface area contributed by atoms with E-state index in [1.807, 2.05) is 0 Å². The van der Waals surface area contributed by atoms with Gasteiger partial charge in [0.1, 0.15) is 36.2 Å². The molecule has 5 heterocycles. The molecule has 6 aliphatic rings. The van der Waals surface area contributed by atoms with E-state index in [0.29, 0.717) is 31.8 Å². The molecule has 283 valence electrons. The van der Waals surface area contributed by atoms with Crippen LogP contribution in [0.4, 0.5) is 0 Å². The van der Waals surface area contributed by atoms with E-state index < -0.39 is 28.6 Å². The van der Waals surface area contributed by atoms with E-state index in [2.05, 4.69) is 67.7 Å². The van der Waals surface area contributed by atoms with Crippen molar-refractivity contribution in [2.75, 3.05) is 13.2 Å². The number of carbonyl (C=O) groups excluding carboxylic acids is 5. The standard InChI is InChI=1S/C12H21BNO4Si.C12H21BNO3Si.C9H11BNO4/c1-12(2,3)19(4,5)17-6-8-9-10(18-9)11(16)14(8)13-7-15;1-12(2,3)18(4,5)17-8-10-6-7-11(16)14(10)13-9-15;12-4-10-11-5-2-1-3-9(5)7(15-9)6(11)8(13)14/h7-10H,6H2,1-5H3;6-7,9-10H,8H2,1-5H3;4-7H,1-3H2,(H,13,14)/t8-,9?,10?;10-;5?,6-,7?,9?/m100/s1. The Morgan fingerprint density at radius 1 is 0.942 bits per heavy atom. The SMILES string of the molecule is CC(C)(C)[Si](C)(C)OC[C@@H]1C2OC2C(=O)N1[B]C=O.CC(C)(C)[Si](C)(C)OC[C@@H]1C=CC(=O)N1[B]C=O.O=C[B]N1C2CCCC23OC3[C@H]1C(=O)O. The maximum absolute atomic E-state index is 11.8. The minimum absolute atomic E-state index is 0.0915. The number of carboxylic acids is 1. The van der Waals surface area contributed by atoms with Crippen molar-refractivity contribution in [1.82, 2.24) is 14.4 Å². The lowest BCUT2D eigenvalue weighted by atomic mass is 9.90. The highest BCUT2D eigenvalue weighted by molar-refractivity contribution is 6.74. The van der Waals surface area contributed by atoms with Crippen molar-refractivity contribution in [3.63, 3.8) is 0 Å². The molecule has 14 nitrogen and oxygen atoms in total. The molecule has 1 saturated carbocycles. The molecular formula is C33H53B3N3O11Si2. The van der Waals surface area contributed by atoms with E-state index in [0.717, 1.165) is 19.3 Å². The number of carboxylic acid groups (broad SMARTS) is 1. The summed E-state index contributed by atoms with van der Waals surface area (Å²) in [6.45, 7) is 22.6. The molecule has 0 bridgehead atoms. The minimum atomic E-state index is -1.85. The molecule has 5 aliphatic heterocycles. The van der Waals surface area contributed by atoms with Gasteiger partial charge in [0.05, 0.1) is 31.5 Å². The molecule has 5 fully saturated rings. The summed E-state index contributed by atoms with van der Waals surface area (Å²) in [4.78, 5) is 70.6. The lowest BCUT2D eigenvalue weighted by molar-refractivity contribution is -0.142. The van der Waals surface area contributed by atoms with E-state index in [4.69, 9.17) is 23.4 Å². The van der Waals surface area contributed by atoms with Crippen LogP contribution in [0, 0.1) is 0 Å². The lowest BCUT2D eigenvalue weighted by Crippen LogP contribution is -2.49. The smallest absolute Gasteiger partial charge is 0.332 e. The predicted molar refractivity (Wildman–Crippen MR) is 201 cm³/mol. The van der Waals surface area contributed by atoms with Gasteiger partial charge in [-0.05, 0) is 61.6 Å². The van der Waals surface area contributed by atoms with Crippen LogP contribution in [0.15, 0.2) is 12.2 Å². The van der Waals surface area contributed by atoms with Gasteiger partial charge in [0, 0.05) is 6.04 Å². The fourth-order valence-corrected chi connectivity index (χ4v) is 8.75. The van der Waals surface area contributed by atoms with Crippen LogP contribution in [-0.4, -0.2) is 156 Å². The number of hydrogen-bond acceptors (Lipinski definition) is 11. The number of carbonyl (C=O) groups is 6. The molecule has 2 amide bonds. The molecule has 6 rings (SSSR count). The molecule has 1 spiro atoms. The Labute approximate surface area is 311 Å². The molecule has 0 aromatic heterocycles. The second-order valence-electron chi connectivity index (χ2n) is 17.1. The van der Waals surface area contributed by atoms with Gasteiger partial charge in [-0.2, -0.15) is 0 Å². The van der Waals surface area contributed by atoms with Gasteiger partial charge in [0.15, 0.2) is 22.7 Å². The number of ether oxygens (including phenoxy) is 2. The quantitative estimate of drug-likeness (QED) is 0.164. The number of fused-ring (bicyclic) bond motifs is 1. The maximum Gasteiger partial charge on any atom is 0.332 e. The zero-order valence-corrected chi connectivity index (χ0v) is 34.1. The monoisotopic (exact) mass is 756 g/mol. The van der Waals surface area contributed by atoms with Crippen molar-refractivity contribution >= 4 is 75.2 Å². The Morgan fingerprint density at radius 2 is 1.50 bits per heavy atom. The van der Waals surface area contributed by atoms with Crippen molar-refractivity contribution in [1.29, 1.82) is 0 Å². The lowest BCUT2D eigenvalue weighted by Gasteiger charge is -2.38. The maximum atomic E-state index is 11.8. The number of morpholine rings is 2. The predicted octanol–water partition coefficient (Wildman–Crippen LogP) is 1.64. The van der Waals surface area contributed by atoms with Crippen LogP contribution < -0.4 is 0 Å². The van der Waals surface area contributed by atoms with Gasteiger partial charge >= 0.3 is 20.8 Å². The fourth-order valence-electron chi connectivity index (χ4n) is 6.71. The summed E-state index contributed by atoms with van der Waals surface area (Å²) >= 11 is 0. The second-order valence-corrected chi connectivity index (χ2v) is 26.8. The first kappa shape index (κ1) is 42.3. The summed E-state index contributed by atoms with van der Waals surface area (Å²) in [5.74, 6) is -1.18. The Bertz CT molecular complexity index is 1430. The molecule has 8 atom stereocenters. The molecule has 1 N–H and O–H groups in total. The topological polar surface area (TPSA) is 176 Å². The Morgan fingerprint density at radius 3 is 2.04 bits per heavy atom. The van der Waals surface area contributed by atoms with Gasteiger partial charge in [-0.3, -0.25) is 14.4 Å². The Kier molecular flexibility index (Phi) is 12.8. The summed E-state index contributed by atoms with van der Waals surface area (Å²) in [5.41, 5.74) is -0.247. The third-order valence-corrected chi connectivity index (χ3v) is 21.0. The van der Waals surface area contributed by atoms with Gasteiger partial charge in [-0.15, -0.1) is 0 Å². The van der Waals surface area contributed by atoms with Crippen LogP contribution >= 0.6 is 0 Å². The summed E-state index contributed by atoms with van der Waals surface area (Å²) in [6.07, 6.45) is 7.43. The van der Waals surface area contributed by atoms with Gasteiger partial charge in [0.2, 0.25) is 11.8 Å². The minimum Gasteiger partial charge on any atom is -0.480 e. The van der Waals surface area contributed by atoms with Gasteiger partial charge in [0.25, 0.3) is 7.41 Å². The highest BCUT2D eigenvalue weighted by Crippen LogP contribution is 2.59. The zero-order valence-electron chi connectivity index (χ0n) is 32.1. The van der Waals surface area contributed by atoms with Crippen LogP contribution in [0.5, 0.6) is 0 Å². The number of rotatable bonds is 13. The van der Waals surface area contributed by atoms with Crippen molar-refractivity contribution in [2.24, 2.45) is 0 Å². The molecule has 52 heavy (non-hydrogen) atoms. The molecule has 0 aromatic carbocycles. The molecule has 4 saturated heterocycles. The number of hydrogen-bond donors (Lipinski definition) is 1. The molecular weight excluding hydrogens is 703 g/mol. The molecule has 0 aromatic rings. The van der Waals surface area contributed by atoms with Crippen LogP contribution in [0.25, 0.3) is 0 Å². The van der Waals surface area contributed by atoms with E-state index in [9.17, 15) is 28.8 Å². The third-order valence-electron chi connectivity index (χ3n) is 12.0. The van der Waals surface area contributed by atoms with Gasteiger partial charge in [-0.1, -0.05) is 47.6 Å². The number of nitrogens with zero attached hydrogens (tertiary/aromatic N) is 3. The number of epoxide rings is 2. The first-order valence-corrected chi connectivity index (χ1v) is 23.7. The molecule has 1 aliphatic carbocycles. The molecule has 5 unspecified atom stereocenters. The first-order valence-electron chi connectivity index (χ1n) is 17.9. The largest absolute Gasteiger partial charge is 0.480 e. The van der Waals surface area contributed by atoms with E-state index in [-0.39, 0.29) is 63.9 Å². The third kappa shape index (κ3) is 8.60. The average Bonchev–Trinajstić information content (AvgIpc) is 3.80. The van der Waals surface area contributed by atoms with Crippen molar-refractivity contribution < 1.29 is 52.2 Å². The normalized spacial score (nSPS) is 31.7. The zero-order chi connectivity index (χ0) is 39.0. The van der Waals surface area contributed by atoms with Crippen LogP contribution in [0.3, 0.4) is 0 Å². The summed E-state index contributed by atoms with van der Waals surface area (Å²) in [7, 11) is 0.233. The molecule has 19 heteroatoms. The van der Waals surface area contributed by atoms with Crippen molar-refractivity contribution in [3.8, 4) is 0 Å².